The summed E-state index contributed by atoms with van der Waals surface area (Å²) in [6, 6.07) is 12.4. The molecule has 0 fully saturated rings. The second-order valence-corrected chi connectivity index (χ2v) is 5.48. The van der Waals surface area contributed by atoms with E-state index >= 15 is 0 Å². The quantitative estimate of drug-likeness (QED) is 0.401. The Labute approximate surface area is 144 Å². The normalized spacial score (nSPS) is 11.3. The van der Waals surface area contributed by atoms with Crippen molar-refractivity contribution in [2.75, 3.05) is 0 Å². The molecule has 5 nitrogen and oxygen atoms in total. The van der Waals surface area contributed by atoms with Crippen molar-refractivity contribution in [2.24, 2.45) is 0 Å². The van der Waals surface area contributed by atoms with Gasteiger partial charge in [0.1, 0.15) is 11.3 Å². The van der Waals surface area contributed by atoms with Gasteiger partial charge in [0.05, 0.1) is 18.7 Å². The van der Waals surface area contributed by atoms with Crippen molar-refractivity contribution in [3.8, 4) is 0 Å². The van der Waals surface area contributed by atoms with Crippen LogP contribution in [0.5, 0.6) is 0 Å². The molecule has 0 saturated heterocycles. The molecule has 2 heterocycles. The smallest absolute Gasteiger partial charge is 0.232 e. The Morgan fingerprint density at radius 3 is 2.68 bits per heavy atom. The maximum Gasteiger partial charge on any atom is 0.232 e. The Hall–Kier alpha value is -3.52. The summed E-state index contributed by atoms with van der Waals surface area (Å²) in [5.41, 5.74) is 1.78. The van der Waals surface area contributed by atoms with Crippen LogP contribution in [0.25, 0.3) is 21.9 Å². The topological polar surface area (TPSA) is 64.5 Å². The molecule has 3 aromatic rings. The zero-order chi connectivity index (χ0) is 17.8. The Balaban J connectivity index is 1.97. The second-order valence-electron chi connectivity index (χ2n) is 5.48. The van der Waals surface area contributed by atoms with E-state index in [-0.39, 0.29) is 23.7 Å². The van der Waals surface area contributed by atoms with Gasteiger partial charge in [-0.2, -0.15) is 0 Å². The monoisotopic (exact) mass is 330 g/mol. The van der Waals surface area contributed by atoms with E-state index in [9.17, 15) is 9.59 Å². The van der Waals surface area contributed by atoms with Crippen LogP contribution < -0.4 is 0 Å². The molecular weight excluding hydrogens is 316 g/mol. The number of aromatic nitrogens is 1. The van der Waals surface area contributed by atoms with Crippen molar-refractivity contribution in [1.29, 1.82) is 0 Å². The number of rotatable bonds is 5. The highest BCUT2D eigenvalue weighted by atomic mass is 16.3. The number of allylic oxidation sites excluding steroid dienone is 1. The van der Waals surface area contributed by atoms with Gasteiger partial charge in [-0.25, -0.2) is 4.85 Å². The van der Waals surface area contributed by atoms with Crippen molar-refractivity contribution in [3.05, 3.63) is 82.8 Å². The predicted octanol–water partition coefficient (Wildman–Crippen LogP) is 4.10. The molecule has 25 heavy (non-hydrogen) atoms. The number of benzene rings is 1. The van der Waals surface area contributed by atoms with Gasteiger partial charge in [-0.1, -0.05) is 30.3 Å². The standard InChI is InChI=1S/C20H14N2O3/c1-13(23)17(21-2)11-15-10-16-18(22-9-8-20(16)25-15)12-19(24)14-6-4-3-5-7-14/h3-11H,12H2,1H3. The van der Waals surface area contributed by atoms with Gasteiger partial charge in [0.2, 0.25) is 5.70 Å². The molecule has 0 aliphatic rings. The summed E-state index contributed by atoms with van der Waals surface area (Å²) in [6.45, 7) is 8.37. The number of carbonyl (C=O) groups excluding carboxylic acids is 2. The van der Waals surface area contributed by atoms with E-state index in [1.165, 1.54) is 13.0 Å². The molecule has 0 spiro atoms. The highest BCUT2D eigenvalue weighted by molar-refractivity contribution is 6.01. The molecule has 0 amide bonds. The number of hydrogen-bond acceptors (Lipinski definition) is 4. The van der Waals surface area contributed by atoms with Crippen molar-refractivity contribution in [3.63, 3.8) is 0 Å². The first kappa shape index (κ1) is 16.3. The van der Waals surface area contributed by atoms with Crippen LogP contribution in [0.3, 0.4) is 0 Å². The second kappa shape index (κ2) is 6.93. The summed E-state index contributed by atoms with van der Waals surface area (Å²) in [5.74, 6) is 0.0233. The molecule has 0 aliphatic heterocycles. The van der Waals surface area contributed by atoms with Crippen molar-refractivity contribution in [2.45, 2.75) is 13.3 Å². The van der Waals surface area contributed by atoms with Crippen LogP contribution >= 0.6 is 0 Å². The molecule has 5 heteroatoms. The van der Waals surface area contributed by atoms with Crippen LogP contribution in [0.2, 0.25) is 0 Å². The van der Waals surface area contributed by atoms with Gasteiger partial charge in [-0.3, -0.25) is 9.78 Å². The Morgan fingerprint density at radius 1 is 1.24 bits per heavy atom. The van der Waals surface area contributed by atoms with Crippen LogP contribution in [0.1, 0.15) is 28.7 Å². The Kier molecular flexibility index (Phi) is 4.53. The van der Waals surface area contributed by atoms with Gasteiger partial charge in [0, 0.05) is 17.1 Å². The number of carbonyl (C=O) groups is 2. The molecule has 0 bridgehead atoms. The van der Waals surface area contributed by atoms with Gasteiger partial charge in [-0.15, -0.1) is 0 Å². The van der Waals surface area contributed by atoms with E-state index in [0.29, 0.717) is 28.0 Å². The number of nitrogens with zero attached hydrogens (tertiary/aromatic N) is 2. The summed E-state index contributed by atoms with van der Waals surface area (Å²) in [4.78, 5) is 31.3. The van der Waals surface area contributed by atoms with E-state index in [0.717, 1.165) is 0 Å². The maximum atomic E-state index is 12.4. The summed E-state index contributed by atoms with van der Waals surface area (Å²) >= 11 is 0. The molecule has 0 N–H and O–H groups in total. The fourth-order valence-electron chi connectivity index (χ4n) is 2.48. The molecule has 0 radical (unpaired) electrons. The lowest BCUT2D eigenvalue weighted by Crippen LogP contribution is -2.04. The average molecular weight is 330 g/mol. The van der Waals surface area contributed by atoms with Crippen LogP contribution in [0.15, 0.2) is 58.8 Å². The summed E-state index contributed by atoms with van der Waals surface area (Å²) in [6.07, 6.45) is 3.12. The summed E-state index contributed by atoms with van der Waals surface area (Å²) < 4.78 is 5.66. The van der Waals surface area contributed by atoms with E-state index < -0.39 is 0 Å². The SMILES string of the molecule is [C-]#[N+]C(=Cc1cc2c(CC(=O)c3ccccc3)nccc2o1)C(C)=O. The van der Waals surface area contributed by atoms with E-state index in [1.807, 2.05) is 18.2 Å². The number of Topliss-reactive ketones (excluding diaryl/α,β-unsaturated/α-hetero) is 2. The van der Waals surface area contributed by atoms with Crippen molar-refractivity contribution < 1.29 is 14.0 Å². The third-order valence-electron chi connectivity index (χ3n) is 3.73. The lowest BCUT2D eigenvalue weighted by atomic mass is 10.0. The summed E-state index contributed by atoms with van der Waals surface area (Å²) in [5, 5.41) is 0.700. The third-order valence-corrected chi connectivity index (χ3v) is 3.73. The maximum absolute atomic E-state index is 12.4. The first-order valence-corrected chi connectivity index (χ1v) is 7.64. The van der Waals surface area contributed by atoms with Crippen molar-refractivity contribution >= 4 is 28.6 Å². The molecule has 2 aromatic heterocycles. The van der Waals surface area contributed by atoms with Gasteiger partial charge in [0.15, 0.2) is 11.6 Å². The minimum absolute atomic E-state index is 0.00562. The first-order valence-electron chi connectivity index (χ1n) is 7.64. The van der Waals surface area contributed by atoms with Crippen LogP contribution in [0.4, 0.5) is 0 Å². The number of ketones is 2. The van der Waals surface area contributed by atoms with E-state index in [1.54, 1.807) is 30.5 Å². The first-order chi connectivity index (χ1) is 12.1. The van der Waals surface area contributed by atoms with Gasteiger partial charge in [0.25, 0.3) is 0 Å². The highest BCUT2D eigenvalue weighted by Gasteiger charge is 2.14. The Bertz CT molecular complexity index is 1020. The van der Waals surface area contributed by atoms with E-state index in [4.69, 9.17) is 11.0 Å². The summed E-state index contributed by atoms with van der Waals surface area (Å²) in [7, 11) is 0. The largest absolute Gasteiger partial charge is 0.458 e. The zero-order valence-electron chi connectivity index (χ0n) is 13.5. The van der Waals surface area contributed by atoms with Crippen LogP contribution in [-0.4, -0.2) is 16.6 Å². The molecule has 3 rings (SSSR count). The molecule has 0 atom stereocenters. The van der Waals surface area contributed by atoms with Gasteiger partial charge >= 0.3 is 0 Å². The minimum Gasteiger partial charge on any atom is -0.458 e. The molecule has 0 saturated carbocycles. The van der Waals surface area contributed by atoms with E-state index in [2.05, 4.69) is 9.83 Å². The molecule has 0 unspecified atom stereocenters. The number of furan rings is 1. The predicted molar refractivity (Wildman–Crippen MR) is 93.7 cm³/mol. The lowest BCUT2D eigenvalue weighted by Gasteiger charge is -2.01. The van der Waals surface area contributed by atoms with Gasteiger partial charge < -0.3 is 9.21 Å². The fourth-order valence-corrected chi connectivity index (χ4v) is 2.48. The van der Waals surface area contributed by atoms with Crippen LogP contribution in [0, 0.1) is 6.57 Å². The lowest BCUT2D eigenvalue weighted by molar-refractivity contribution is -0.113. The zero-order valence-corrected chi connectivity index (χ0v) is 13.5. The minimum atomic E-state index is -0.326. The molecule has 0 aliphatic carbocycles. The number of hydrogen-bond donors (Lipinski definition) is 0. The van der Waals surface area contributed by atoms with Crippen LogP contribution in [-0.2, 0) is 11.2 Å². The Morgan fingerprint density at radius 2 is 2.00 bits per heavy atom. The average Bonchev–Trinajstić information content (AvgIpc) is 3.04. The van der Waals surface area contributed by atoms with Gasteiger partial charge in [-0.05, 0) is 25.1 Å². The van der Waals surface area contributed by atoms with Crippen molar-refractivity contribution in [1.82, 2.24) is 4.98 Å². The molecule has 122 valence electrons. The number of pyridine rings is 1. The molecular formula is C20H14N2O3. The third kappa shape index (κ3) is 3.54. The molecule has 1 aromatic carbocycles. The number of fused-ring (bicyclic) bond motifs is 1. The fraction of sp³-hybridized carbons (Fsp3) is 0.100. The highest BCUT2D eigenvalue weighted by Crippen LogP contribution is 2.24.